The third-order valence-electron chi connectivity index (χ3n) is 7.70. The number of amides is 1. The van der Waals surface area contributed by atoms with Crippen molar-refractivity contribution in [3.63, 3.8) is 0 Å². The maximum absolute atomic E-state index is 13.8. The fourth-order valence-electron chi connectivity index (χ4n) is 5.50. The molecule has 1 amide bonds. The summed E-state index contributed by atoms with van der Waals surface area (Å²) >= 11 is 0. The van der Waals surface area contributed by atoms with Gasteiger partial charge in [0.15, 0.2) is 15.7 Å². The zero-order chi connectivity index (χ0) is 27.5. The Kier molecular flexibility index (Phi) is 5.96. The van der Waals surface area contributed by atoms with Crippen LogP contribution in [0.15, 0.2) is 53.6 Å². The molecular formula is C28H30N6O4S. The topological polar surface area (TPSA) is 121 Å². The lowest BCUT2D eigenvalue weighted by Crippen LogP contribution is -2.44. The fraction of sp³-hybridized carbons (Fsp3) is 0.357. The van der Waals surface area contributed by atoms with Crippen LogP contribution < -0.4 is 4.90 Å². The molecule has 1 fully saturated rings. The van der Waals surface area contributed by atoms with Crippen LogP contribution in [0.1, 0.15) is 42.4 Å². The van der Waals surface area contributed by atoms with Crippen molar-refractivity contribution in [2.75, 3.05) is 30.9 Å². The number of sulfone groups is 1. The first-order valence-corrected chi connectivity index (χ1v) is 14.7. The minimum atomic E-state index is -3.36. The van der Waals surface area contributed by atoms with Crippen LogP contribution >= 0.6 is 0 Å². The highest BCUT2D eigenvalue weighted by atomic mass is 32.2. The van der Waals surface area contributed by atoms with Gasteiger partial charge in [0.1, 0.15) is 5.82 Å². The predicted octanol–water partition coefficient (Wildman–Crippen LogP) is 3.54. The minimum Gasteiger partial charge on any atom is -0.377 e. The number of benzene rings is 2. The first-order valence-electron chi connectivity index (χ1n) is 12.9. The van der Waals surface area contributed by atoms with E-state index >= 15 is 0 Å². The van der Waals surface area contributed by atoms with Crippen LogP contribution in [0.3, 0.4) is 0 Å². The second kappa shape index (κ2) is 9.13. The molecule has 1 atom stereocenters. The van der Waals surface area contributed by atoms with E-state index < -0.39 is 15.4 Å². The van der Waals surface area contributed by atoms with Crippen LogP contribution in [0, 0.1) is 0 Å². The average Bonchev–Trinajstić information content (AvgIpc) is 3.50. The molecule has 2 aliphatic heterocycles. The first-order chi connectivity index (χ1) is 18.6. The Morgan fingerprint density at radius 3 is 2.62 bits per heavy atom. The summed E-state index contributed by atoms with van der Waals surface area (Å²) in [5.74, 6) is 1.19. The third-order valence-corrected chi connectivity index (χ3v) is 8.82. The van der Waals surface area contributed by atoms with Gasteiger partial charge in [-0.2, -0.15) is 5.10 Å². The lowest BCUT2D eigenvalue weighted by molar-refractivity contribution is 0.0570. The Labute approximate surface area is 226 Å². The Morgan fingerprint density at radius 1 is 1.13 bits per heavy atom. The number of H-pyrrole nitrogens is 1. The Bertz CT molecular complexity index is 1700. The van der Waals surface area contributed by atoms with Gasteiger partial charge in [0.05, 0.1) is 53.6 Å². The molecule has 1 N–H and O–H groups in total. The summed E-state index contributed by atoms with van der Waals surface area (Å²) in [7, 11) is -3.36. The molecule has 2 aliphatic rings. The Morgan fingerprint density at radius 2 is 1.90 bits per heavy atom. The van der Waals surface area contributed by atoms with Crippen molar-refractivity contribution in [2.45, 2.75) is 43.8 Å². The molecule has 10 nitrogen and oxygen atoms in total. The van der Waals surface area contributed by atoms with Gasteiger partial charge in [-0.3, -0.25) is 9.89 Å². The molecule has 4 aromatic rings. The van der Waals surface area contributed by atoms with E-state index in [1.54, 1.807) is 23.2 Å². The number of hydrogen-bond donors (Lipinski definition) is 1. The molecule has 202 valence electrons. The highest BCUT2D eigenvalue weighted by molar-refractivity contribution is 7.90. The molecule has 39 heavy (non-hydrogen) atoms. The van der Waals surface area contributed by atoms with Crippen molar-refractivity contribution in [1.82, 2.24) is 25.1 Å². The molecule has 1 unspecified atom stereocenters. The lowest BCUT2D eigenvalue weighted by atomic mass is 9.98. The normalized spacial score (nSPS) is 18.9. The first kappa shape index (κ1) is 25.4. The lowest BCUT2D eigenvalue weighted by Gasteiger charge is -2.35. The molecule has 6 rings (SSSR count). The summed E-state index contributed by atoms with van der Waals surface area (Å²) in [5.41, 5.74) is 3.14. The molecule has 0 spiro atoms. The minimum absolute atomic E-state index is 0.103. The van der Waals surface area contributed by atoms with Gasteiger partial charge in [0.2, 0.25) is 0 Å². The molecule has 0 aliphatic carbocycles. The van der Waals surface area contributed by atoms with Crippen molar-refractivity contribution >= 4 is 32.5 Å². The van der Waals surface area contributed by atoms with E-state index in [1.807, 2.05) is 32.0 Å². The molecule has 2 aromatic carbocycles. The van der Waals surface area contributed by atoms with Crippen LogP contribution in [-0.4, -0.2) is 71.4 Å². The number of carbonyl (C=O) groups excluding carboxylic acids is 1. The van der Waals surface area contributed by atoms with E-state index in [0.29, 0.717) is 37.7 Å². The maximum atomic E-state index is 13.8. The molecule has 2 aromatic heterocycles. The van der Waals surface area contributed by atoms with E-state index in [2.05, 4.69) is 22.0 Å². The number of morpholine rings is 1. The summed E-state index contributed by atoms with van der Waals surface area (Å²) in [5, 5.41) is 8.14. The number of fused-ring (bicyclic) bond motifs is 2. The van der Waals surface area contributed by atoms with E-state index in [0.717, 1.165) is 39.8 Å². The predicted molar refractivity (Wildman–Crippen MR) is 147 cm³/mol. The van der Waals surface area contributed by atoms with Crippen LogP contribution in [0.5, 0.6) is 0 Å². The van der Waals surface area contributed by atoms with Crippen LogP contribution in [-0.2, 0) is 26.7 Å². The maximum Gasteiger partial charge on any atom is 0.254 e. The largest absolute Gasteiger partial charge is 0.377 e. The molecule has 0 radical (unpaired) electrons. The van der Waals surface area contributed by atoms with Crippen molar-refractivity contribution in [3.8, 4) is 11.4 Å². The van der Waals surface area contributed by atoms with Crippen LogP contribution in [0.2, 0.25) is 0 Å². The number of rotatable bonds is 4. The van der Waals surface area contributed by atoms with Gasteiger partial charge in [-0.05, 0) is 51.1 Å². The van der Waals surface area contributed by atoms with Crippen molar-refractivity contribution in [3.05, 3.63) is 65.5 Å². The van der Waals surface area contributed by atoms with Crippen LogP contribution in [0.25, 0.3) is 22.3 Å². The number of hydrogen-bond acceptors (Lipinski definition) is 8. The van der Waals surface area contributed by atoms with E-state index in [-0.39, 0.29) is 16.8 Å². The number of nitrogens with zero attached hydrogens (tertiary/aromatic N) is 5. The van der Waals surface area contributed by atoms with Crippen LogP contribution in [0.4, 0.5) is 5.82 Å². The highest BCUT2D eigenvalue weighted by Gasteiger charge is 2.45. The van der Waals surface area contributed by atoms with Gasteiger partial charge in [-0.25, -0.2) is 18.4 Å². The smallest absolute Gasteiger partial charge is 0.254 e. The van der Waals surface area contributed by atoms with Crippen molar-refractivity contribution in [2.24, 2.45) is 0 Å². The second-order valence-corrected chi connectivity index (χ2v) is 12.7. The van der Waals surface area contributed by atoms with E-state index in [4.69, 9.17) is 14.7 Å². The summed E-state index contributed by atoms with van der Waals surface area (Å²) in [4.78, 5) is 28.2. The summed E-state index contributed by atoms with van der Waals surface area (Å²) in [6.07, 6.45) is 2.93. The number of ether oxygens (including phenoxy) is 1. The van der Waals surface area contributed by atoms with Gasteiger partial charge in [0.25, 0.3) is 5.91 Å². The average molecular weight is 547 g/mol. The van der Waals surface area contributed by atoms with Gasteiger partial charge < -0.3 is 14.5 Å². The van der Waals surface area contributed by atoms with Crippen molar-refractivity contribution < 1.29 is 17.9 Å². The molecule has 0 bridgehead atoms. The monoisotopic (exact) mass is 546 g/mol. The zero-order valence-electron chi connectivity index (χ0n) is 22.3. The van der Waals surface area contributed by atoms with Gasteiger partial charge >= 0.3 is 0 Å². The molecule has 0 saturated carbocycles. The highest BCUT2D eigenvalue weighted by Crippen LogP contribution is 2.44. The summed E-state index contributed by atoms with van der Waals surface area (Å²) < 4.78 is 29.5. The van der Waals surface area contributed by atoms with Gasteiger partial charge in [-0.15, -0.1) is 0 Å². The van der Waals surface area contributed by atoms with E-state index in [1.165, 1.54) is 12.1 Å². The summed E-state index contributed by atoms with van der Waals surface area (Å²) in [6, 6.07) is 12.1. The summed E-state index contributed by atoms with van der Waals surface area (Å²) in [6.45, 7) is 8.29. The quantitative estimate of drug-likeness (QED) is 0.413. The van der Waals surface area contributed by atoms with Crippen molar-refractivity contribution in [1.29, 1.82) is 0 Å². The molecular weight excluding hydrogens is 516 g/mol. The fourth-order valence-corrected chi connectivity index (χ4v) is 6.13. The van der Waals surface area contributed by atoms with Gasteiger partial charge in [0, 0.05) is 34.9 Å². The zero-order valence-corrected chi connectivity index (χ0v) is 23.1. The Balaban J connectivity index is 1.47. The van der Waals surface area contributed by atoms with Gasteiger partial charge in [-0.1, -0.05) is 12.1 Å². The number of nitrogens with one attached hydrogen (secondary N) is 1. The SMILES string of the molecule is CC1COCCN1c1nc(-c2cccc3[nH]ncc23)nc2c1CN(C(=O)c1ccc(S(C)(=O)=O)cc1)C2(C)C. The molecule has 11 heteroatoms. The number of aromatic nitrogens is 4. The third kappa shape index (κ3) is 4.25. The Hall–Kier alpha value is -3.83. The van der Waals surface area contributed by atoms with E-state index in [9.17, 15) is 13.2 Å². The molecule has 4 heterocycles. The standard InChI is InChI=1S/C28H30N6O4S/c1-17-16-38-13-12-33(17)26-22-15-34(27(35)18-8-10-19(11-9-18)39(4,36)37)28(2,3)24(22)30-25(31-26)20-6-5-7-23-21(20)14-29-32-23/h5-11,14,17H,12-13,15-16H2,1-4H3,(H,29,32). The second-order valence-electron chi connectivity index (χ2n) is 10.7. The number of aromatic amines is 1. The number of carbonyl (C=O) groups is 1. The molecule has 1 saturated heterocycles. The number of anilines is 1.